The summed E-state index contributed by atoms with van der Waals surface area (Å²) in [4.78, 5) is 23.4. The summed E-state index contributed by atoms with van der Waals surface area (Å²) < 4.78 is 122. The van der Waals surface area contributed by atoms with E-state index in [-0.39, 0.29) is 48.0 Å². The van der Waals surface area contributed by atoms with E-state index in [1.165, 1.54) is 0 Å². The Bertz CT molecular complexity index is 1320. The molecule has 8 heterocycles. The first-order chi connectivity index (χ1) is 23.5. The van der Waals surface area contributed by atoms with E-state index >= 15 is 0 Å². The van der Waals surface area contributed by atoms with Crippen molar-refractivity contribution in [3.8, 4) is 0 Å². The van der Waals surface area contributed by atoms with Gasteiger partial charge >= 0.3 is 12.4 Å². The maximum Gasteiger partial charge on any atom is 0.449 e. The fourth-order valence-electron chi connectivity index (χ4n) is 10.3. The Kier molecular flexibility index (Phi) is 8.43. The van der Waals surface area contributed by atoms with E-state index in [9.17, 15) is 26.3 Å². The van der Waals surface area contributed by atoms with Gasteiger partial charge < -0.3 is 28.4 Å². The summed E-state index contributed by atoms with van der Waals surface area (Å²) in [7, 11) is 0. The number of fused-ring (bicyclic) bond motifs is 4. The standard InChI is InChI=1S/C34H44F6O10/c1-17-5-7-23-19(25(33(35,36)37)43-27-31(23)21(17)9-11-29(3,45-27)47-49-31)15-41-13-14-42-16-20-24-8-6-18(2)22-10-12-30(4)46-28(32(22,24)50-48-30)44-26(20)34(38,39)40/h17-18,21-24,27-28H,5-16H2,1-4H3/t17-,18-,21+,22+,23+,24+,27-,28-,29-,30-,31-,32-/m1/s1. The molecule has 0 unspecified atom stereocenters. The van der Waals surface area contributed by atoms with Crippen molar-refractivity contribution >= 4 is 0 Å². The molecule has 0 N–H and O–H groups in total. The molecule has 4 bridgehead atoms. The van der Waals surface area contributed by atoms with Gasteiger partial charge in [0.15, 0.2) is 11.2 Å². The van der Waals surface area contributed by atoms with E-state index in [0.29, 0.717) is 51.4 Å². The van der Waals surface area contributed by atoms with Gasteiger partial charge in [0.25, 0.3) is 0 Å². The van der Waals surface area contributed by atoms with Crippen molar-refractivity contribution in [2.45, 2.75) is 127 Å². The van der Waals surface area contributed by atoms with Gasteiger partial charge in [0.05, 0.1) is 26.4 Å². The van der Waals surface area contributed by atoms with Crippen LogP contribution in [0.15, 0.2) is 22.7 Å². The summed E-state index contributed by atoms with van der Waals surface area (Å²) >= 11 is 0. The Balaban J connectivity index is 0.987. The fraction of sp³-hybridized carbons (Fsp3) is 0.882. The van der Waals surface area contributed by atoms with E-state index in [2.05, 4.69) is 0 Å². The molecule has 2 aliphatic carbocycles. The lowest BCUT2D eigenvalue weighted by Gasteiger charge is -2.57. The molecule has 50 heavy (non-hydrogen) atoms. The van der Waals surface area contributed by atoms with Crippen LogP contribution in [0.4, 0.5) is 26.3 Å². The van der Waals surface area contributed by atoms with Crippen LogP contribution in [0.3, 0.4) is 0 Å². The van der Waals surface area contributed by atoms with Crippen LogP contribution in [0.1, 0.15) is 79.1 Å². The summed E-state index contributed by atoms with van der Waals surface area (Å²) in [6, 6.07) is 0. The Morgan fingerprint density at radius 3 is 1.38 bits per heavy atom. The minimum atomic E-state index is -4.83. The van der Waals surface area contributed by atoms with Crippen LogP contribution >= 0.6 is 0 Å². The van der Waals surface area contributed by atoms with Crippen LogP contribution < -0.4 is 0 Å². The second kappa shape index (κ2) is 11.9. The van der Waals surface area contributed by atoms with Gasteiger partial charge in [-0.2, -0.15) is 26.3 Å². The highest BCUT2D eigenvalue weighted by atomic mass is 19.4. The summed E-state index contributed by atoms with van der Waals surface area (Å²) in [5, 5.41) is 0. The topological polar surface area (TPSA) is 92.3 Å². The van der Waals surface area contributed by atoms with Crippen molar-refractivity contribution in [3.63, 3.8) is 0 Å². The molecule has 0 amide bonds. The Morgan fingerprint density at radius 2 is 1.00 bits per heavy atom. The lowest BCUT2D eigenvalue weighted by Crippen LogP contribution is -2.67. The van der Waals surface area contributed by atoms with E-state index in [1.54, 1.807) is 13.8 Å². The maximum atomic E-state index is 14.5. The maximum absolute atomic E-state index is 14.5. The smallest absolute Gasteiger partial charge is 0.449 e. The molecule has 282 valence electrons. The Labute approximate surface area is 285 Å². The van der Waals surface area contributed by atoms with Gasteiger partial charge in [0, 0.05) is 47.7 Å². The summed E-state index contributed by atoms with van der Waals surface area (Å²) in [5.41, 5.74) is -2.77. The number of rotatable bonds is 7. The molecular formula is C34H44F6O10. The molecule has 2 saturated carbocycles. The number of allylic oxidation sites excluding steroid dienone is 2. The third-order valence-electron chi connectivity index (χ3n) is 12.7. The van der Waals surface area contributed by atoms with E-state index in [0.717, 1.165) is 0 Å². The van der Waals surface area contributed by atoms with Gasteiger partial charge in [0.1, 0.15) is 0 Å². The molecule has 0 radical (unpaired) electrons. The van der Waals surface area contributed by atoms with Gasteiger partial charge in [-0.15, -0.1) is 0 Å². The lowest BCUT2D eigenvalue weighted by molar-refractivity contribution is -0.558. The normalized spacial score (nSPS) is 46.8. The number of halogens is 6. The molecule has 0 aromatic carbocycles. The Morgan fingerprint density at radius 1 is 0.600 bits per heavy atom. The third kappa shape index (κ3) is 5.36. The van der Waals surface area contributed by atoms with Crippen molar-refractivity contribution in [1.82, 2.24) is 0 Å². The van der Waals surface area contributed by atoms with E-state index in [4.69, 9.17) is 48.0 Å². The Hall–Kier alpha value is -1.66. The van der Waals surface area contributed by atoms with E-state index in [1.807, 2.05) is 13.8 Å². The molecule has 6 saturated heterocycles. The molecule has 0 aromatic rings. The molecule has 0 aromatic heterocycles. The lowest BCUT2D eigenvalue weighted by atomic mass is 9.59. The van der Waals surface area contributed by atoms with Crippen molar-refractivity contribution < 1.29 is 74.3 Å². The van der Waals surface area contributed by atoms with Gasteiger partial charge in [0.2, 0.25) is 35.7 Å². The van der Waals surface area contributed by atoms with Crippen molar-refractivity contribution in [1.29, 1.82) is 0 Å². The SMILES string of the molecule is C[C@@H]1CC[C@H]2C(COCCOCC3=C(C(F)(F)F)O[C@@H]4O[C@@]5(C)CC[C@H]6[C@H](C)CC[C@@H]3[C@@]46OO5)=C(C(F)(F)F)O[C@@H]3O[C@@]4(C)CC[C@@H]1[C@]32OO4. The highest BCUT2D eigenvalue weighted by Gasteiger charge is 2.72. The van der Waals surface area contributed by atoms with Crippen LogP contribution in [0.25, 0.3) is 0 Å². The van der Waals surface area contributed by atoms with E-state index < -0.39 is 84.3 Å². The van der Waals surface area contributed by atoms with Crippen LogP contribution in [0, 0.1) is 35.5 Å². The zero-order chi connectivity index (χ0) is 35.5. The zero-order valence-corrected chi connectivity index (χ0v) is 28.5. The number of alkyl halides is 6. The molecule has 10 nitrogen and oxygen atoms in total. The molecule has 12 atom stereocenters. The minimum absolute atomic E-state index is 0.103. The van der Waals surface area contributed by atoms with Crippen LogP contribution in [-0.4, -0.2) is 74.1 Å². The minimum Gasteiger partial charge on any atom is -0.456 e. The molecule has 8 aliphatic heterocycles. The second-order valence-corrected chi connectivity index (χ2v) is 15.8. The first-order valence-corrected chi connectivity index (χ1v) is 17.7. The zero-order valence-electron chi connectivity index (χ0n) is 28.5. The second-order valence-electron chi connectivity index (χ2n) is 15.8. The third-order valence-corrected chi connectivity index (χ3v) is 12.7. The molecule has 8 fully saturated rings. The van der Waals surface area contributed by atoms with Crippen molar-refractivity contribution in [2.75, 3.05) is 26.4 Å². The van der Waals surface area contributed by atoms with Gasteiger partial charge in [-0.3, -0.25) is 0 Å². The monoisotopic (exact) mass is 726 g/mol. The molecule has 10 rings (SSSR count). The molecule has 16 heteroatoms. The first-order valence-electron chi connectivity index (χ1n) is 17.7. The molecule has 2 spiro atoms. The van der Waals surface area contributed by atoms with Crippen LogP contribution in [-0.2, 0) is 48.0 Å². The quantitative estimate of drug-likeness (QED) is 0.153. The fourth-order valence-corrected chi connectivity index (χ4v) is 10.3. The summed E-state index contributed by atoms with van der Waals surface area (Å²) in [5.74, 6) is -6.41. The number of hydrogen-bond donors (Lipinski definition) is 0. The average molecular weight is 727 g/mol. The van der Waals surface area contributed by atoms with Gasteiger partial charge in [-0.05, 0) is 64.2 Å². The molecular weight excluding hydrogens is 682 g/mol. The summed E-state index contributed by atoms with van der Waals surface area (Å²) in [6.07, 6.45) is -8.06. The molecule has 10 aliphatic rings. The predicted octanol–water partition coefficient (Wildman–Crippen LogP) is 7.14. The van der Waals surface area contributed by atoms with Gasteiger partial charge in [-0.1, -0.05) is 13.8 Å². The predicted molar refractivity (Wildman–Crippen MR) is 156 cm³/mol. The summed E-state index contributed by atoms with van der Waals surface area (Å²) in [6.45, 7) is 6.06. The highest BCUT2D eigenvalue weighted by Crippen LogP contribution is 2.63. The number of hydrogen-bond acceptors (Lipinski definition) is 10. The first kappa shape index (κ1) is 35.4. The largest absolute Gasteiger partial charge is 0.456 e. The van der Waals surface area contributed by atoms with Crippen molar-refractivity contribution in [2.24, 2.45) is 35.5 Å². The highest BCUT2D eigenvalue weighted by molar-refractivity contribution is 5.30. The van der Waals surface area contributed by atoms with Crippen LogP contribution in [0.5, 0.6) is 0 Å². The van der Waals surface area contributed by atoms with Crippen molar-refractivity contribution in [3.05, 3.63) is 22.7 Å². The van der Waals surface area contributed by atoms with Gasteiger partial charge in [-0.25, -0.2) is 19.6 Å². The average Bonchev–Trinajstić information content (AvgIpc) is 3.41. The number of ether oxygens (including phenoxy) is 6. The van der Waals surface area contributed by atoms with Crippen LogP contribution in [0.2, 0.25) is 0 Å².